The Hall–Kier alpha value is -2.01. The fourth-order valence-electron chi connectivity index (χ4n) is 1.75. The average molecular weight is 247 g/mol. The summed E-state index contributed by atoms with van der Waals surface area (Å²) < 4.78 is 5.14. The highest BCUT2D eigenvalue weighted by Crippen LogP contribution is 2.21. The average Bonchev–Trinajstić information content (AvgIpc) is 2.81. The first-order valence-corrected chi connectivity index (χ1v) is 5.89. The van der Waals surface area contributed by atoms with Crippen molar-refractivity contribution in [2.45, 2.75) is 6.42 Å². The van der Waals surface area contributed by atoms with Crippen molar-refractivity contribution in [3.63, 3.8) is 0 Å². The van der Waals surface area contributed by atoms with Gasteiger partial charge < -0.3 is 20.8 Å². The van der Waals surface area contributed by atoms with E-state index in [9.17, 15) is 4.79 Å². The maximum absolute atomic E-state index is 11.8. The van der Waals surface area contributed by atoms with E-state index in [0.717, 1.165) is 23.1 Å². The second-order valence-corrected chi connectivity index (χ2v) is 4.03. The Kier molecular flexibility index (Phi) is 3.84. The molecule has 0 atom stereocenters. The number of carbonyl (C=O) groups excluding carboxylic acids is 1. The van der Waals surface area contributed by atoms with Gasteiger partial charge in [0.2, 0.25) is 0 Å². The number of amides is 1. The van der Waals surface area contributed by atoms with E-state index in [2.05, 4.69) is 10.3 Å². The first-order chi connectivity index (χ1) is 8.74. The minimum absolute atomic E-state index is 0.112. The van der Waals surface area contributed by atoms with Crippen molar-refractivity contribution in [1.29, 1.82) is 0 Å². The summed E-state index contributed by atoms with van der Waals surface area (Å²) >= 11 is 0. The fraction of sp³-hybridized carbons (Fsp3) is 0.308. The summed E-state index contributed by atoms with van der Waals surface area (Å²) in [5, 5.41) is 3.79. The van der Waals surface area contributed by atoms with Crippen LogP contribution in [0.5, 0.6) is 5.75 Å². The van der Waals surface area contributed by atoms with Gasteiger partial charge in [-0.1, -0.05) is 0 Å². The Bertz CT molecular complexity index is 548. The highest BCUT2D eigenvalue weighted by Gasteiger charge is 2.09. The molecule has 1 aromatic heterocycles. The smallest absolute Gasteiger partial charge is 0.267 e. The number of carbonyl (C=O) groups is 1. The van der Waals surface area contributed by atoms with E-state index in [1.165, 1.54) is 0 Å². The van der Waals surface area contributed by atoms with Gasteiger partial charge in [-0.15, -0.1) is 0 Å². The summed E-state index contributed by atoms with van der Waals surface area (Å²) in [6, 6.07) is 7.48. The number of aromatic amines is 1. The lowest BCUT2D eigenvalue weighted by Gasteiger charge is -2.01. The molecule has 0 fully saturated rings. The first kappa shape index (κ1) is 12.4. The Morgan fingerprint density at radius 3 is 3.00 bits per heavy atom. The number of rotatable bonds is 5. The van der Waals surface area contributed by atoms with E-state index in [1.807, 2.05) is 24.3 Å². The molecule has 5 nitrogen and oxygen atoms in total. The van der Waals surface area contributed by atoms with Gasteiger partial charge in [-0.05, 0) is 31.2 Å². The molecule has 18 heavy (non-hydrogen) atoms. The molecule has 0 radical (unpaired) electrons. The molecule has 2 aromatic rings. The number of fused-ring (bicyclic) bond motifs is 1. The molecule has 4 N–H and O–H groups in total. The zero-order valence-electron chi connectivity index (χ0n) is 10.3. The molecule has 0 aliphatic carbocycles. The predicted octanol–water partition coefficient (Wildman–Crippen LogP) is 1.26. The predicted molar refractivity (Wildman–Crippen MR) is 70.9 cm³/mol. The van der Waals surface area contributed by atoms with Crippen LogP contribution in [0.4, 0.5) is 0 Å². The normalized spacial score (nSPS) is 10.6. The van der Waals surface area contributed by atoms with Crippen molar-refractivity contribution in [2.75, 3.05) is 20.2 Å². The Morgan fingerprint density at radius 2 is 2.28 bits per heavy atom. The lowest BCUT2D eigenvalue weighted by atomic mass is 10.2. The molecule has 0 saturated carbocycles. The standard InChI is InChI=1S/C13H17N3O2/c1-18-10-4-3-9-7-12(16-11(9)8-10)13(17)15-6-2-5-14/h3-4,7-8,16H,2,5-6,14H2,1H3,(H,15,17). The number of methoxy groups -OCH3 is 1. The van der Waals surface area contributed by atoms with Gasteiger partial charge in [-0.2, -0.15) is 0 Å². The Morgan fingerprint density at radius 1 is 1.44 bits per heavy atom. The number of hydrogen-bond donors (Lipinski definition) is 3. The number of nitrogens with two attached hydrogens (primary N) is 1. The summed E-state index contributed by atoms with van der Waals surface area (Å²) in [7, 11) is 1.62. The van der Waals surface area contributed by atoms with Crippen LogP contribution in [0, 0.1) is 0 Å². The topological polar surface area (TPSA) is 80.1 Å². The summed E-state index contributed by atoms with van der Waals surface area (Å²) in [5.41, 5.74) is 6.81. The van der Waals surface area contributed by atoms with Crippen molar-refractivity contribution >= 4 is 16.8 Å². The van der Waals surface area contributed by atoms with Crippen LogP contribution in [0.25, 0.3) is 10.9 Å². The van der Waals surface area contributed by atoms with Gasteiger partial charge >= 0.3 is 0 Å². The summed E-state index contributed by atoms with van der Waals surface area (Å²) in [6.45, 7) is 1.16. The largest absolute Gasteiger partial charge is 0.497 e. The molecule has 96 valence electrons. The number of benzene rings is 1. The second kappa shape index (κ2) is 5.55. The third kappa shape index (κ3) is 2.62. The zero-order chi connectivity index (χ0) is 13.0. The Labute approximate surface area is 105 Å². The van der Waals surface area contributed by atoms with Crippen LogP contribution in [0.3, 0.4) is 0 Å². The zero-order valence-corrected chi connectivity index (χ0v) is 10.3. The Balaban J connectivity index is 2.16. The van der Waals surface area contributed by atoms with E-state index in [0.29, 0.717) is 18.8 Å². The molecule has 0 saturated heterocycles. The number of aromatic nitrogens is 1. The van der Waals surface area contributed by atoms with Gasteiger partial charge in [0.25, 0.3) is 5.91 Å². The van der Waals surface area contributed by atoms with Crippen LogP contribution in [0.1, 0.15) is 16.9 Å². The minimum atomic E-state index is -0.112. The van der Waals surface area contributed by atoms with Crippen LogP contribution in [0.15, 0.2) is 24.3 Å². The molecule has 2 rings (SSSR count). The summed E-state index contributed by atoms with van der Waals surface area (Å²) in [6.07, 6.45) is 0.778. The SMILES string of the molecule is COc1ccc2cc(C(=O)NCCCN)[nH]c2c1. The van der Waals surface area contributed by atoms with Crippen molar-refractivity contribution in [2.24, 2.45) is 5.73 Å². The third-order valence-electron chi connectivity index (χ3n) is 2.74. The number of H-pyrrole nitrogens is 1. The van der Waals surface area contributed by atoms with Crippen LogP contribution in [0.2, 0.25) is 0 Å². The number of hydrogen-bond acceptors (Lipinski definition) is 3. The van der Waals surface area contributed by atoms with Gasteiger partial charge in [-0.25, -0.2) is 0 Å². The number of ether oxygens (including phenoxy) is 1. The van der Waals surface area contributed by atoms with Crippen LogP contribution < -0.4 is 15.8 Å². The second-order valence-electron chi connectivity index (χ2n) is 4.03. The summed E-state index contributed by atoms with van der Waals surface area (Å²) in [4.78, 5) is 14.9. The first-order valence-electron chi connectivity index (χ1n) is 5.89. The molecule has 0 spiro atoms. The van der Waals surface area contributed by atoms with E-state index in [1.54, 1.807) is 7.11 Å². The van der Waals surface area contributed by atoms with E-state index in [4.69, 9.17) is 10.5 Å². The molecular formula is C13H17N3O2. The van der Waals surface area contributed by atoms with Gasteiger partial charge in [-0.3, -0.25) is 4.79 Å². The van der Waals surface area contributed by atoms with Gasteiger partial charge in [0.15, 0.2) is 0 Å². The number of nitrogens with one attached hydrogen (secondary N) is 2. The molecule has 1 amide bonds. The summed E-state index contributed by atoms with van der Waals surface area (Å²) in [5.74, 6) is 0.651. The van der Waals surface area contributed by atoms with Crippen molar-refractivity contribution in [3.05, 3.63) is 30.0 Å². The van der Waals surface area contributed by atoms with Crippen LogP contribution in [-0.4, -0.2) is 31.1 Å². The lowest BCUT2D eigenvalue weighted by molar-refractivity contribution is 0.0949. The maximum atomic E-state index is 11.8. The van der Waals surface area contributed by atoms with Crippen molar-refractivity contribution in [3.8, 4) is 5.75 Å². The monoisotopic (exact) mass is 247 g/mol. The molecular weight excluding hydrogens is 230 g/mol. The molecule has 5 heteroatoms. The molecule has 0 unspecified atom stereocenters. The van der Waals surface area contributed by atoms with Crippen LogP contribution in [-0.2, 0) is 0 Å². The van der Waals surface area contributed by atoms with E-state index in [-0.39, 0.29) is 5.91 Å². The highest BCUT2D eigenvalue weighted by atomic mass is 16.5. The van der Waals surface area contributed by atoms with Gasteiger partial charge in [0.05, 0.1) is 7.11 Å². The lowest BCUT2D eigenvalue weighted by Crippen LogP contribution is -2.26. The quantitative estimate of drug-likeness (QED) is 0.696. The molecule has 0 bridgehead atoms. The fourth-order valence-corrected chi connectivity index (χ4v) is 1.75. The molecule has 1 heterocycles. The van der Waals surface area contributed by atoms with Gasteiger partial charge in [0, 0.05) is 23.5 Å². The van der Waals surface area contributed by atoms with E-state index >= 15 is 0 Å². The van der Waals surface area contributed by atoms with Crippen LogP contribution >= 0.6 is 0 Å². The highest BCUT2D eigenvalue weighted by molar-refractivity contribution is 5.98. The maximum Gasteiger partial charge on any atom is 0.267 e. The molecule has 0 aliphatic rings. The third-order valence-corrected chi connectivity index (χ3v) is 2.74. The van der Waals surface area contributed by atoms with E-state index < -0.39 is 0 Å². The van der Waals surface area contributed by atoms with Gasteiger partial charge in [0.1, 0.15) is 11.4 Å². The van der Waals surface area contributed by atoms with Crippen molar-refractivity contribution < 1.29 is 9.53 Å². The van der Waals surface area contributed by atoms with Crippen molar-refractivity contribution in [1.82, 2.24) is 10.3 Å². The minimum Gasteiger partial charge on any atom is -0.497 e. The molecule has 1 aromatic carbocycles. The molecule has 0 aliphatic heterocycles.